The highest BCUT2D eigenvalue weighted by molar-refractivity contribution is 5.97. The van der Waals surface area contributed by atoms with E-state index in [4.69, 9.17) is 9.47 Å². The Kier molecular flexibility index (Phi) is 5.66. The van der Waals surface area contributed by atoms with Gasteiger partial charge in [-0.2, -0.15) is 0 Å². The van der Waals surface area contributed by atoms with Crippen molar-refractivity contribution in [2.45, 2.75) is 58.5 Å². The normalized spacial score (nSPS) is 20.8. The van der Waals surface area contributed by atoms with Gasteiger partial charge in [-0.15, -0.1) is 0 Å². The summed E-state index contributed by atoms with van der Waals surface area (Å²) >= 11 is 0. The van der Waals surface area contributed by atoms with Crippen molar-refractivity contribution in [3.8, 4) is 5.75 Å². The van der Waals surface area contributed by atoms with E-state index < -0.39 is 0 Å². The first-order valence-corrected chi connectivity index (χ1v) is 11.6. The number of carbonyl (C=O) groups is 1. The first-order valence-electron chi connectivity index (χ1n) is 11.6. The number of aromatic nitrogens is 2. The topological polar surface area (TPSA) is 73.7 Å². The number of carbonyl (C=O) groups excluding carboxylic acids is 1. The molecule has 0 N–H and O–H groups in total. The van der Waals surface area contributed by atoms with Crippen LogP contribution in [0.25, 0.3) is 11.0 Å². The van der Waals surface area contributed by atoms with E-state index in [-0.39, 0.29) is 35.2 Å². The highest BCUT2D eigenvalue weighted by Gasteiger charge is 2.29. The van der Waals surface area contributed by atoms with Crippen LogP contribution in [0.5, 0.6) is 5.75 Å². The van der Waals surface area contributed by atoms with Crippen molar-refractivity contribution in [3.63, 3.8) is 0 Å². The van der Waals surface area contributed by atoms with Gasteiger partial charge in [-0.25, -0.2) is 4.98 Å². The fourth-order valence-electron chi connectivity index (χ4n) is 5.02. The van der Waals surface area contributed by atoms with Gasteiger partial charge in [-0.1, -0.05) is 24.3 Å². The Morgan fingerprint density at radius 2 is 1.82 bits per heavy atom. The Morgan fingerprint density at radius 3 is 2.45 bits per heavy atom. The lowest BCUT2D eigenvalue weighted by atomic mass is 10.1. The van der Waals surface area contributed by atoms with Gasteiger partial charge in [0.15, 0.2) is 0 Å². The molecule has 33 heavy (non-hydrogen) atoms. The highest BCUT2D eigenvalue weighted by atomic mass is 16.5. The molecule has 2 aromatic heterocycles. The van der Waals surface area contributed by atoms with Crippen LogP contribution in [0.1, 0.15) is 42.3 Å². The standard InChI is InChI=1S/C26H29N3O4/c1-4-28-15-23(26(31)29-13-16(2)32-17(3)14-29)24(30)22-11-21(12-27-25(22)28)33-20-9-18-7-5-6-8-19(18)10-20/h5-8,11-12,15-17,20H,4,9-10,13-14H2,1-3H3/t16-,17+. The number of morpholine rings is 1. The average molecular weight is 448 g/mol. The van der Waals surface area contributed by atoms with Gasteiger partial charge in [-0.3, -0.25) is 9.59 Å². The van der Waals surface area contributed by atoms with Crippen LogP contribution in [0.2, 0.25) is 0 Å². The first kappa shape index (κ1) is 21.6. The summed E-state index contributed by atoms with van der Waals surface area (Å²) in [5, 5.41) is 0.407. The van der Waals surface area contributed by atoms with Gasteiger partial charge in [0, 0.05) is 38.7 Å². The van der Waals surface area contributed by atoms with Crippen molar-refractivity contribution < 1.29 is 14.3 Å². The second kappa shape index (κ2) is 8.63. The Labute approximate surface area is 192 Å². The van der Waals surface area contributed by atoms with Gasteiger partial charge in [0.25, 0.3) is 5.91 Å². The van der Waals surface area contributed by atoms with E-state index in [1.54, 1.807) is 23.4 Å². The van der Waals surface area contributed by atoms with E-state index in [0.717, 1.165) is 12.8 Å². The summed E-state index contributed by atoms with van der Waals surface area (Å²) in [6.45, 7) is 7.38. The molecule has 1 fully saturated rings. The monoisotopic (exact) mass is 447 g/mol. The number of amides is 1. The minimum absolute atomic E-state index is 0.0104. The maximum absolute atomic E-state index is 13.4. The Balaban J connectivity index is 1.47. The van der Waals surface area contributed by atoms with Crippen LogP contribution in [-0.4, -0.2) is 51.8 Å². The molecule has 0 spiro atoms. The fraction of sp³-hybridized carbons (Fsp3) is 0.423. The molecular formula is C26H29N3O4. The maximum atomic E-state index is 13.4. The van der Waals surface area contributed by atoms with Crippen molar-refractivity contribution in [2.75, 3.05) is 13.1 Å². The molecule has 7 heteroatoms. The Bertz CT molecular complexity index is 1230. The number of nitrogens with zero attached hydrogens (tertiary/aromatic N) is 3. The zero-order valence-electron chi connectivity index (χ0n) is 19.3. The van der Waals surface area contributed by atoms with Crippen LogP contribution in [0.4, 0.5) is 0 Å². The summed E-state index contributed by atoms with van der Waals surface area (Å²) in [4.78, 5) is 33.0. The predicted octanol–water partition coefficient (Wildman–Crippen LogP) is 3.21. The number of ether oxygens (including phenoxy) is 2. The smallest absolute Gasteiger partial charge is 0.259 e. The lowest BCUT2D eigenvalue weighted by Crippen LogP contribution is -2.49. The van der Waals surface area contributed by atoms with Crippen LogP contribution in [-0.2, 0) is 24.1 Å². The van der Waals surface area contributed by atoms with Gasteiger partial charge in [0.1, 0.15) is 23.1 Å². The maximum Gasteiger partial charge on any atom is 0.259 e. The van der Waals surface area contributed by atoms with Gasteiger partial charge in [0.2, 0.25) is 5.43 Å². The molecule has 2 atom stereocenters. The molecule has 3 heterocycles. The number of hydrogen-bond acceptors (Lipinski definition) is 5. The molecule has 1 aliphatic carbocycles. The lowest BCUT2D eigenvalue weighted by Gasteiger charge is -2.35. The number of aryl methyl sites for hydroxylation is 1. The van der Waals surface area contributed by atoms with Crippen LogP contribution in [0.15, 0.2) is 47.5 Å². The lowest BCUT2D eigenvalue weighted by molar-refractivity contribution is -0.0586. The molecule has 1 aromatic carbocycles. The van der Waals surface area contributed by atoms with Gasteiger partial charge in [-0.05, 0) is 38.0 Å². The summed E-state index contributed by atoms with van der Waals surface area (Å²) in [7, 11) is 0. The van der Waals surface area contributed by atoms with E-state index >= 15 is 0 Å². The van der Waals surface area contributed by atoms with Crippen LogP contribution >= 0.6 is 0 Å². The molecule has 0 saturated carbocycles. The molecule has 2 aliphatic rings. The number of hydrogen-bond donors (Lipinski definition) is 0. The van der Waals surface area contributed by atoms with Crippen molar-refractivity contribution in [3.05, 3.63) is 69.6 Å². The second-order valence-electron chi connectivity index (χ2n) is 9.08. The molecular weight excluding hydrogens is 418 g/mol. The summed E-state index contributed by atoms with van der Waals surface area (Å²) in [5.41, 5.74) is 3.01. The van der Waals surface area contributed by atoms with Crippen LogP contribution in [0, 0.1) is 0 Å². The minimum atomic E-state index is -0.306. The third-order valence-electron chi connectivity index (χ3n) is 6.48. The van der Waals surface area contributed by atoms with Gasteiger partial charge in [0.05, 0.1) is 23.8 Å². The average Bonchev–Trinajstić information content (AvgIpc) is 3.21. The quantitative estimate of drug-likeness (QED) is 0.614. The van der Waals surface area contributed by atoms with E-state index in [1.165, 1.54) is 11.1 Å². The van der Waals surface area contributed by atoms with Crippen molar-refractivity contribution in [1.82, 2.24) is 14.5 Å². The zero-order chi connectivity index (χ0) is 23.1. The number of benzene rings is 1. The van der Waals surface area contributed by atoms with Crippen molar-refractivity contribution in [1.29, 1.82) is 0 Å². The first-order chi connectivity index (χ1) is 15.9. The molecule has 1 aliphatic heterocycles. The van der Waals surface area contributed by atoms with E-state index in [9.17, 15) is 9.59 Å². The van der Waals surface area contributed by atoms with Crippen molar-refractivity contribution in [2.24, 2.45) is 0 Å². The highest BCUT2D eigenvalue weighted by Crippen LogP contribution is 2.26. The predicted molar refractivity (Wildman–Crippen MR) is 126 cm³/mol. The molecule has 5 rings (SSSR count). The minimum Gasteiger partial charge on any atom is -0.488 e. The number of fused-ring (bicyclic) bond motifs is 2. The molecule has 1 saturated heterocycles. The number of rotatable bonds is 4. The largest absolute Gasteiger partial charge is 0.488 e. The molecule has 0 radical (unpaired) electrons. The Morgan fingerprint density at radius 1 is 1.15 bits per heavy atom. The third-order valence-corrected chi connectivity index (χ3v) is 6.48. The zero-order valence-corrected chi connectivity index (χ0v) is 19.3. The molecule has 0 unspecified atom stereocenters. The Hall–Kier alpha value is -3.19. The second-order valence-corrected chi connectivity index (χ2v) is 9.08. The van der Waals surface area contributed by atoms with Gasteiger partial charge >= 0.3 is 0 Å². The van der Waals surface area contributed by atoms with Crippen molar-refractivity contribution >= 4 is 16.9 Å². The van der Waals surface area contributed by atoms with E-state index in [0.29, 0.717) is 36.4 Å². The van der Waals surface area contributed by atoms with E-state index in [2.05, 4.69) is 17.1 Å². The van der Waals surface area contributed by atoms with Crippen LogP contribution < -0.4 is 10.2 Å². The van der Waals surface area contributed by atoms with Gasteiger partial charge < -0.3 is 18.9 Å². The summed E-state index contributed by atoms with van der Waals surface area (Å²) in [6.07, 6.45) is 4.85. The molecule has 7 nitrogen and oxygen atoms in total. The van der Waals surface area contributed by atoms with Crippen LogP contribution in [0.3, 0.4) is 0 Å². The summed E-state index contributed by atoms with van der Waals surface area (Å²) < 4.78 is 13.8. The fourth-order valence-corrected chi connectivity index (χ4v) is 5.02. The summed E-state index contributed by atoms with van der Waals surface area (Å²) in [6, 6.07) is 10.1. The van der Waals surface area contributed by atoms with E-state index in [1.807, 2.05) is 37.5 Å². The summed E-state index contributed by atoms with van der Waals surface area (Å²) in [5.74, 6) is 0.293. The number of pyridine rings is 2. The SMILES string of the molecule is CCn1cc(C(=O)N2C[C@@H](C)O[C@@H](C)C2)c(=O)c2cc(OC3Cc4ccccc4C3)cnc21. The molecule has 0 bridgehead atoms. The third kappa shape index (κ3) is 4.13. The molecule has 1 amide bonds. The molecule has 172 valence electrons. The molecule has 3 aromatic rings.